The van der Waals surface area contributed by atoms with Gasteiger partial charge in [-0.25, -0.2) is 19.2 Å². The number of fused-ring (bicyclic) bond motifs is 1. The van der Waals surface area contributed by atoms with E-state index in [9.17, 15) is 9.18 Å². The summed E-state index contributed by atoms with van der Waals surface area (Å²) < 4.78 is 24.5. The minimum atomic E-state index is -0.390. The minimum Gasteiger partial charge on any atom is -0.497 e. The van der Waals surface area contributed by atoms with Gasteiger partial charge in [0.25, 0.3) is 0 Å². The van der Waals surface area contributed by atoms with Crippen LogP contribution < -0.4 is 15.0 Å². The van der Waals surface area contributed by atoms with Gasteiger partial charge in [-0.05, 0) is 35.9 Å². The predicted octanol–water partition coefficient (Wildman–Crippen LogP) is 3.64. The van der Waals surface area contributed by atoms with Crippen molar-refractivity contribution in [3.63, 3.8) is 0 Å². The Morgan fingerprint density at radius 1 is 1.11 bits per heavy atom. The first kappa shape index (κ1) is 23.0. The van der Waals surface area contributed by atoms with E-state index in [0.717, 1.165) is 47.3 Å². The number of hydrogen-bond acceptors (Lipinski definition) is 6. The van der Waals surface area contributed by atoms with E-state index in [-0.39, 0.29) is 6.03 Å². The second kappa shape index (κ2) is 10.3. The van der Waals surface area contributed by atoms with Gasteiger partial charge < -0.3 is 24.6 Å². The zero-order chi connectivity index (χ0) is 24.2. The number of carbonyl (C=O) groups is 1. The highest BCUT2D eigenvalue weighted by atomic mass is 19.1. The van der Waals surface area contributed by atoms with Crippen LogP contribution >= 0.6 is 0 Å². The summed E-state index contributed by atoms with van der Waals surface area (Å²) in [6, 6.07) is 13.6. The Morgan fingerprint density at radius 3 is 2.74 bits per heavy atom. The molecule has 0 aliphatic carbocycles. The molecule has 0 radical (unpaired) electrons. The lowest BCUT2D eigenvalue weighted by Crippen LogP contribution is -2.42. The van der Waals surface area contributed by atoms with Crippen molar-refractivity contribution in [2.45, 2.75) is 19.4 Å². The van der Waals surface area contributed by atoms with Crippen LogP contribution in [0.3, 0.4) is 0 Å². The van der Waals surface area contributed by atoms with Gasteiger partial charge in [-0.2, -0.15) is 0 Å². The van der Waals surface area contributed by atoms with Crippen LogP contribution in [0.1, 0.15) is 22.6 Å². The fraction of sp³-hybridized carbons (Fsp3) is 0.346. The van der Waals surface area contributed by atoms with Crippen LogP contribution in [0, 0.1) is 5.82 Å². The van der Waals surface area contributed by atoms with E-state index in [1.54, 1.807) is 24.1 Å². The molecule has 3 heterocycles. The highest BCUT2D eigenvalue weighted by molar-refractivity contribution is 5.89. The molecule has 0 unspecified atom stereocenters. The first-order chi connectivity index (χ1) is 17.1. The van der Waals surface area contributed by atoms with Crippen molar-refractivity contribution in [3.8, 4) is 5.75 Å². The van der Waals surface area contributed by atoms with Crippen LogP contribution in [-0.4, -0.2) is 60.9 Å². The molecule has 1 aromatic heterocycles. The summed E-state index contributed by atoms with van der Waals surface area (Å²) >= 11 is 0. The molecule has 0 atom stereocenters. The average molecular weight is 478 g/mol. The third-order valence-electron chi connectivity index (χ3n) is 6.25. The summed E-state index contributed by atoms with van der Waals surface area (Å²) in [4.78, 5) is 26.7. The number of urea groups is 1. The maximum atomic E-state index is 13.5. The monoisotopic (exact) mass is 477 g/mol. The maximum Gasteiger partial charge on any atom is 0.322 e. The van der Waals surface area contributed by atoms with Gasteiger partial charge in [0.05, 0.1) is 32.6 Å². The first-order valence-electron chi connectivity index (χ1n) is 11.7. The van der Waals surface area contributed by atoms with Crippen molar-refractivity contribution in [2.75, 3.05) is 50.2 Å². The van der Waals surface area contributed by atoms with Gasteiger partial charge in [0.1, 0.15) is 23.2 Å². The number of carbonyl (C=O) groups excluding carboxylic acids is 1. The molecule has 2 aromatic carbocycles. The highest BCUT2D eigenvalue weighted by Crippen LogP contribution is 2.29. The van der Waals surface area contributed by atoms with E-state index in [2.05, 4.69) is 10.2 Å². The molecule has 2 amide bonds. The van der Waals surface area contributed by atoms with Gasteiger partial charge in [0, 0.05) is 43.7 Å². The lowest BCUT2D eigenvalue weighted by molar-refractivity contribution is 0.122. The summed E-state index contributed by atoms with van der Waals surface area (Å²) in [5, 5.41) is 2.80. The van der Waals surface area contributed by atoms with Gasteiger partial charge in [-0.1, -0.05) is 18.2 Å². The number of aromatic nitrogens is 2. The number of anilines is 2. The van der Waals surface area contributed by atoms with Crippen LogP contribution in [0.5, 0.6) is 5.75 Å². The van der Waals surface area contributed by atoms with Gasteiger partial charge in [-0.3, -0.25) is 0 Å². The summed E-state index contributed by atoms with van der Waals surface area (Å²) in [6.45, 7) is 3.64. The number of hydrogen-bond donors (Lipinski definition) is 1. The van der Waals surface area contributed by atoms with Crippen LogP contribution in [0.4, 0.5) is 20.7 Å². The molecule has 9 heteroatoms. The van der Waals surface area contributed by atoms with E-state index in [1.807, 2.05) is 24.3 Å². The predicted molar refractivity (Wildman–Crippen MR) is 130 cm³/mol. The summed E-state index contributed by atoms with van der Waals surface area (Å²) in [6.07, 6.45) is 1.21. The van der Waals surface area contributed by atoms with Gasteiger partial charge in [0.2, 0.25) is 0 Å². The summed E-state index contributed by atoms with van der Waals surface area (Å²) in [7, 11) is 1.65. The van der Waals surface area contributed by atoms with Crippen LogP contribution in [0.25, 0.3) is 0 Å². The lowest BCUT2D eigenvalue weighted by Gasteiger charge is -2.34. The Morgan fingerprint density at radius 2 is 1.94 bits per heavy atom. The standard InChI is InChI=1S/C26H28FN5O3/c1-34-21-7-2-4-18(14-21)15-24-29-23-8-9-32(26(33)28-20-6-3-5-19(27)16-20)17-22(23)25(30-24)31-10-12-35-13-11-31/h2-7,14,16H,8-13,15,17H2,1H3,(H,28,33). The highest BCUT2D eigenvalue weighted by Gasteiger charge is 2.28. The van der Waals surface area contributed by atoms with E-state index in [1.165, 1.54) is 12.1 Å². The number of amides is 2. The molecule has 5 rings (SSSR count). The second-order valence-corrected chi connectivity index (χ2v) is 8.63. The Balaban J connectivity index is 1.41. The zero-order valence-electron chi connectivity index (χ0n) is 19.7. The molecule has 0 saturated carbocycles. The molecule has 0 spiro atoms. The number of nitrogens with one attached hydrogen (secondary N) is 1. The van der Waals surface area contributed by atoms with Crippen LogP contribution in [0.2, 0.25) is 0 Å². The Kier molecular flexibility index (Phi) is 6.76. The van der Waals surface area contributed by atoms with Crippen molar-refractivity contribution in [3.05, 3.63) is 77.0 Å². The van der Waals surface area contributed by atoms with E-state index < -0.39 is 5.82 Å². The molecule has 1 fully saturated rings. The van der Waals surface area contributed by atoms with Crippen LogP contribution in [-0.2, 0) is 24.1 Å². The molecule has 8 nitrogen and oxygen atoms in total. The Hall–Kier alpha value is -3.72. The van der Waals surface area contributed by atoms with Crippen molar-refractivity contribution in [1.29, 1.82) is 0 Å². The van der Waals surface area contributed by atoms with Crippen molar-refractivity contribution in [2.24, 2.45) is 0 Å². The van der Waals surface area contributed by atoms with E-state index in [4.69, 9.17) is 19.4 Å². The summed E-state index contributed by atoms with van der Waals surface area (Å²) in [5.41, 5.74) is 3.43. The number of ether oxygens (including phenoxy) is 2. The number of morpholine rings is 1. The van der Waals surface area contributed by atoms with E-state index in [0.29, 0.717) is 44.8 Å². The Bertz CT molecular complexity index is 1220. The molecule has 3 aromatic rings. The second-order valence-electron chi connectivity index (χ2n) is 8.63. The molecular formula is C26H28FN5O3. The molecule has 182 valence electrons. The fourth-order valence-corrected chi connectivity index (χ4v) is 4.47. The van der Waals surface area contributed by atoms with Crippen molar-refractivity contribution >= 4 is 17.5 Å². The van der Waals surface area contributed by atoms with Gasteiger partial charge in [0.15, 0.2) is 0 Å². The van der Waals surface area contributed by atoms with Crippen LogP contribution in [0.15, 0.2) is 48.5 Å². The normalized spacial score (nSPS) is 15.5. The van der Waals surface area contributed by atoms with Crippen molar-refractivity contribution in [1.82, 2.24) is 14.9 Å². The maximum absolute atomic E-state index is 13.5. The third kappa shape index (κ3) is 5.35. The number of halogens is 1. The number of methoxy groups -OCH3 is 1. The Labute approximate surface area is 203 Å². The smallest absolute Gasteiger partial charge is 0.322 e. The lowest BCUT2D eigenvalue weighted by atomic mass is 10.0. The molecule has 1 N–H and O–H groups in total. The molecule has 2 aliphatic rings. The number of nitrogens with zero attached hydrogens (tertiary/aromatic N) is 4. The molecule has 0 bridgehead atoms. The molecule has 35 heavy (non-hydrogen) atoms. The molecule has 2 aliphatic heterocycles. The van der Waals surface area contributed by atoms with Crippen molar-refractivity contribution < 1.29 is 18.7 Å². The number of benzene rings is 2. The van der Waals surface area contributed by atoms with Gasteiger partial charge in [-0.15, -0.1) is 0 Å². The largest absolute Gasteiger partial charge is 0.497 e. The topological polar surface area (TPSA) is 79.8 Å². The zero-order valence-corrected chi connectivity index (χ0v) is 19.7. The number of rotatable bonds is 5. The minimum absolute atomic E-state index is 0.269. The van der Waals surface area contributed by atoms with E-state index >= 15 is 0 Å². The summed E-state index contributed by atoms with van der Waals surface area (Å²) in [5.74, 6) is 2.02. The molecular weight excluding hydrogens is 449 g/mol. The quantitative estimate of drug-likeness (QED) is 0.605. The SMILES string of the molecule is COc1cccc(Cc2nc3c(c(N4CCOCC4)n2)CN(C(=O)Nc2cccc(F)c2)CC3)c1. The average Bonchev–Trinajstić information content (AvgIpc) is 2.88. The third-order valence-corrected chi connectivity index (χ3v) is 6.25. The fourth-order valence-electron chi connectivity index (χ4n) is 4.47. The van der Waals surface area contributed by atoms with Gasteiger partial charge >= 0.3 is 6.03 Å². The first-order valence-corrected chi connectivity index (χ1v) is 11.7. The molecule has 1 saturated heterocycles.